The van der Waals surface area contributed by atoms with Gasteiger partial charge in [-0.05, 0) is 44.0 Å². The van der Waals surface area contributed by atoms with Gasteiger partial charge in [0, 0.05) is 30.2 Å². The van der Waals surface area contributed by atoms with Crippen LogP contribution in [-0.4, -0.2) is 28.8 Å². The molecule has 4 heteroatoms. The number of fused-ring (bicyclic) bond motifs is 1. The fraction of sp³-hybridized carbons (Fsp3) is 0.438. The number of nitrogens with one attached hydrogen (secondary N) is 1. The molecule has 4 N–H and O–H groups in total. The smallest absolute Gasteiger partial charge is 0.0702 e. The van der Waals surface area contributed by atoms with E-state index in [9.17, 15) is 5.11 Å². The molecule has 0 aliphatic heterocycles. The number of benzene rings is 1. The van der Waals surface area contributed by atoms with Crippen LogP contribution in [0.1, 0.15) is 31.9 Å². The summed E-state index contributed by atoms with van der Waals surface area (Å²) in [5.74, 6) is 0. The summed E-state index contributed by atoms with van der Waals surface area (Å²) in [6.45, 7) is 4.39. The molecule has 0 aliphatic carbocycles. The molecule has 108 valence electrons. The lowest BCUT2D eigenvalue weighted by atomic mass is 10.0. The van der Waals surface area contributed by atoms with Crippen LogP contribution in [0.5, 0.6) is 0 Å². The van der Waals surface area contributed by atoms with E-state index in [-0.39, 0.29) is 18.2 Å². The van der Waals surface area contributed by atoms with Gasteiger partial charge in [0.25, 0.3) is 0 Å². The van der Waals surface area contributed by atoms with Crippen LogP contribution in [0.2, 0.25) is 0 Å². The fourth-order valence-electron chi connectivity index (χ4n) is 2.53. The monoisotopic (exact) mass is 273 g/mol. The molecule has 1 aromatic carbocycles. The lowest BCUT2D eigenvalue weighted by Crippen LogP contribution is -2.36. The number of nitrogens with two attached hydrogens (primary N) is 1. The Morgan fingerprint density at radius 3 is 2.80 bits per heavy atom. The van der Waals surface area contributed by atoms with E-state index in [2.05, 4.69) is 35.4 Å². The van der Waals surface area contributed by atoms with Crippen LogP contribution < -0.4 is 11.1 Å². The standard InChI is InChI=1S/C16H23N3O/c1-11(8-12(2)20)19-16(10-17)14-5-6-15-13(9-14)4-3-7-18-15/h3-7,9,11-12,16,19-20H,8,10,17H2,1-2H3. The molecule has 3 atom stereocenters. The van der Waals surface area contributed by atoms with Crippen LogP contribution in [0, 0.1) is 0 Å². The largest absolute Gasteiger partial charge is 0.393 e. The van der Waals surface area contributed by atoms with Crippen molar-refractivity contribution >= 4 is 10.9 Å². The Labute approximate surface area is 120 Å². The van der Waals surface area contributed by atoms with Crippen molar-refractivity contribution in [2.24, 2.45) is 5.73 Å². The summed E-state index contributed by atoms with van der Waals surface area (Å²) in [7, 11) is 0. The Hall–Kier alpha value is -1.49. The zero-order valence-corrected chi connectivity index (χ0v) is 12.1. The third-order valence-corrected chi connectivity index (χ3v) is 3.45. The second kappa shape index (κ2) is 6.79. The van der Waals surface area contributed by atoms with E-state index in [1.54, 1.807) is 13.1 Å². The molecule has 20 heavy (non-hydrogen) atoms. The molecule has 0 fully saturated rings. The van der Waals surface area contributed by atoms with Crippen LogP contribution in [0.25, 0.3) is 10.9 Å². The van der Waals surface area contributed by atoms with Crippen molar-refractivity contribution in [3.63, 3.8) is 0 Å². The first-order valence-electron chi connectivity index (χ1n) is 7.09. The first-order valence-corrected chi connectivity index (χ1v) is 7.09. The van der Waals surface area contributed by atoms with Crippen molar-refractivity contribution in [2.45, 2.75) is 38.5 Å². The Balaban J connectivity index is 2.16. The summed E-state index contributed by atoms with van der Waals surface area (Å²) in [4.78, 5) is 4.32. The van der Waals surface area contributed by atoms with Crippen molar-refractivity contribution in [3.8, 4) is 0 Å². The van der Waals surface area contributed by atoms with Crippen molar-refractivity contribution in [2.75, 3.05) is 6.54 Å². The zero-order chi connectivity index (χ0) is 14.5. The molecule has 0 saturated carbocycles. The zero-order valence-electron chi connectivity index (χ0n) is 12.1. The fourth-order valence-corrected chi connectivity index (χ4v) is 2.53. The number of aliphatic hydroxyl groups excluding tert-OH is 1. The first-order chi connectivity index (χ1) is 9.60. The number of aliphatic hydroxyl groups is 1. The third-order valence-electron chi connectivity index (χ3n) is 3.45. The van der Waals surface area contributed by atoms with Crippen LogP contribution in [0.3, 0.4) is 0 Å². The van der Waals surface area contributed by atoms with Crippen molar-refractivity contribution in [3.05, 3.63) is 42.1 Å². The highest BCUT2D eigenvalue weighted by atomic mass is 16.3. The lowest BCUT2D eigenvalue weighted by Gasteiger charge is -2.23. The molecule has 4 nitrogen and oxygen atoms in total. The number of rotatable bonds is 6. The van der Waals surface area contributed by atoms with Gasteiger partial charge in [-0.3, -0.25) is 4.98 Å². The summed E-state index contributed by atoms with van der Waals surface area (Å²) >= 11 is 0. The minimum Gasteiger partial charge on any atom is -0.393 e. The maximum absolute atomic E-state index is 9.44. The highest BCUT2D eigenvalue weighted by Gasteiger charge is 2.14. The van der Waals surface area contributed by atoms with Gasteiger partial charge in [0.05, 0.1) is 11.6 Å². The van der Waals surface area contributed by atoms with E-state index >= 15 is 0 Å². The molecule has 0 radical (unpaired) electrons. The first kappa shape index (κ1) is 14.9. The maximum Gasteiger partial charge on any atom is 0.0702 e. The Morgan fingerprint density at radius 1 is 1.30 bits per heavy atom. The SMILES string of the molecule is CC(O)CC(C)NC(CN)c1ccc2ncccc2c1. The molecule has 1 aromatic heterocycles. The van der Waals surface area contributed by atoms with Gasteiger partial charge in [0.15, 0.2) is 0 Å². The molecule has 3 unspecified atom stereocenters. The summed E-state index contributed by atoms with van der Waals surface area (Å²) in [6, 6.07) is 10.5. The number of nitrogens with zero attached hydrogens (tertiary/aromatic N) is 1. The molecular weight excluding hydrogens is 250 g/mol. The predicted octanol–water partition coefficient (Wildman–Crippen LogP) is 1.98. The molecule has 0 amide bonds. The maximum atomic E-state index is 9.44. The lowest BCUT2D eigenvalue weighted by molar-refractivity contribution is 0.168. The van der Waals surface area contributed by atoms with E-state index in [4.69, 9.17) is 5.73 Å². The number of hydrogen-bond acceptors (Lipinski definition) is 4. The van der Waals surface area contributed by atoms with Gasteiger partial charge in [-0.1, -0.05) is 12.1 Å². The second-order valence-electron chi connectivity index (χ2n) is 5.40. The normalized spacial score (nSPS) is 16.0. The Kier molecular flexibility index (Phi) is 5.06. The minimum atomic E-state index is -0.309. The summed E-state index contributed by atoms with van der Waals surface area (Å²) in [5.41, 5.74) is 8.04. The quantitative estimate of drug-likeness (QED) is 0.752. The number of pyridine rings is 1. The summed E-state index contributed by atoms with van der Waals surface area (Å²) in [6.07, 6.45) is 2.20. The molecule has 0 spiro atoms. The predicted molar refractivity (Wildman–Crippen MR) is 82.4 cm³/mol. The van der Waals surface area contributed by atoms with Crippen molar-refractivity contribution in [1.29, 1.82) is 0 Å². The molecule has 1 heterocycles. The van der Waals surface area contributed by atoms with Crippen LogP contribution in [0.4, 0.5) is 0 Å². The Bertz CT molecular complexity index is 556. The third kappa shape index (κ3) is 3.76. The van der Waals surface area contributed by atoms with E-state index in [1.807, 2.05) is 12.1 Å². The number of hydrogen-bond donors (Lipinski definition) is 3. The van der Waals surface area contributed by atoms with Gasteiger partial charge in [-0.25, -0.2) is 0 Å². The van der Waals surface area contributed by atoms with Gasteiger partial charge in [0.1, 0.15) is 0 Å². The van der Waals surface area contributed by atoms with Gasteiger partial charge in [-0.15, -0.1) is 0 Å². The minimum absolute atomic E-state index is 0.0911. The van der Waals surface area contributed by atoms with E-state index < -0.39 is 0 Å². The highest BCUT2D eigenvalue weighted by Crippen LogP contribution is 2.19. The van der Waals surface area contributed by atoms with E-state index in [1.165, 1.54) is 0 Å². The van der Waals surface area contributed by atoms with E-state index in [0.717, 1.165) is 16.5 Å². The topological polar surface area (TPSA) is 71.2 Å². The molecule has 0 saturated heterocycles. The molecule has 2 aromatic rings. The van der Waals surface area contributed by atoms with Gasteiger partial charge < -0.3 is 16.2 Å². The van der Waals surface area contributed by atoms with E-state index in [0.29, 0.717) is 13.0 Å². The molecule has 2 rings (SSSR count). The van der Waals surface area contributed by atoms with Gasteiger partial charge in [-0.2, -0.15) is 0 Å². The van der Waals surface area contributed by atoms with Crippen LogP contribution in [-0.2, 0) is 0 Å². The molecule has 0 aliphatic rings. The van der Waals surface area contributed by atoms with Crippen molar-refractivity contribution < 1.29 is 5.11 Å². The molecular formula is C16H23N3O. The van der Waals surface area contributed by atoms with Crippen molar-refractivity contribution in [1.82, 2.24) is 10.3 Å². The summed E-state index contributed by atoms with van der Waals surface area (Å²) < 4.78 is 0. The Morgan fingerprint density at radius 2 is 2.10 bits per heavy atom. The van der Waals surface area contributed by atoms with Gasteiger partial charge in [0.2, 0.25) is 0 Å². The van der Waals surface area contributed by atoms with Crippen LogP contribution in [0.15, 0.2) is 36.5 Å². The highest BCUT2D eigenvalue weighted by molar-refractivity contribution is 5.79. The van der Waals surface area contributed by atoms with Crippen LogP contribution >= 0.6 is 0 Å². The molecule has 0 bridgehead atoms. The number of aromatic nitrogens is 1. The average Bonchev–Trinajstić information content (AvgIpc) is 2.43. The average molecular weight is 273 g/mol. The van der Waals surface area contributed by atoms with Gasteiger partial charge >= 0.3 is 0 Å². The second-order valence-corrected chi connectivity index (χ2v) is 5.40. The summed E-state index contributed by atoms with van der Waals surface area (Å²) in [5, 5.41) is 14.0.